The van der Waals surface area contributed by atoms with Crippen LogP contribution in [0.15, 0.2) is 33.9 Å². The molecule has 0 unspecified atom stereocenters. The predicted octanol–water partition coefficient (Wildman–Crippen LogP) is 4.76. The number of halogens is 1. The summed E-state index contributed by atoms with van der Waals surface area (Å²) < 4.78 is 5.69. The Hall–Kier alpha value is -1.37. The zero-order chi connectivity index (χ0) is 14.8. The largest absolute Gasteiger partial charge is 0.410 e. The molecule has 0 bridgehead atoms. The van der Waals surface area contributed by atoms with Crippen LogP contribution in [0.2, 0.25) is 5.02 Å². The zero-order valence-electron chi connectivity index (χ0n) is 11.5. The molecule has 3 rings (SSSR count). The molecule has 0 fully saturated rings. The van der Waals surface area contributed by atoms with E-state index in [4.69, 9.17) is 16.0 Å². The van der Waals surface area contributed by atoms with Crippen LogP contribution in [0.4, 0.5) is 0 Å². The summed E-state index contributed by atoms with van der Waals surface area (Å²) in [5.74, 6) is 1.22. The fourth-order valence-electron chi connectivity index (χ4n) is 1.84. The van der Waals surface area contributed by atoms with Crippen molar-refractivity contribution in [2.45, 2.75) is 24.8 Å². The van der Waals surface area contributed by atoms with Crippen molar-refractivity contribution in [2.75, 3.05) is 0 Å². The molecule has 0 aliphatic rings. The lowest BCUT2D eigenvalue weighted by Gasteiger charge is -2.00. The summed E-state index contributed by atoms with van der Waals surface area (Å²) in [5.41, 5.74) is 1.97. The molecular formula is C14H12ClN3OS2. The summed E-state index contributed by atoms with van der Waals surface area (Å²) in [4.78, 5) is 5.30. The Labute approximate surface area is 135 Å². The molecule has 0 saturated heterocycles. The van der Waals surface area contributed by atoms with Crippen LogP contribution in [0, 0.1) is 13.8 Å². The van der Waals surface area contributed by atoms with Gasteiger partial charge in [-0.1, -0.05) is 41.6 Å². The van der Waals surface area contributed by atoms with Crippen LogP contribution in [-0.4, -0.2) is 15.2 Å². The van der Waals surface area contributed by atoms with Crippen LogP contribution >= 0.6 is 34.7 Å². The molecule has 0 atom stereocenters. The molecule has 0 aliphatic heterocycles. The van der Waals surface area contributed by atoms with Gasteiger partial charge in [0.15, 0.2) is 0 Å². The summed E-state index contributed by atoms with van der Waals surface area (Å²) >= 11 is 9.16. The third-order valence-electron chi connectivity index (χ3n) is 2.81. The highest BCUT2D eigenvalue weighted by Gasteiger charge is 2.15. The highest BCUT2D eigenvalue weighted by molar-refractivity contribution is 7.98. The van der Waals surface area contributed by atoms with Gasteiger partial charge in [-0.25, -0.2) is 4.98 Å². The lowest BCUT2D eigenvalue weighted by Crippen LogP contribution is -1.81. The van der Waals surface area contributed by atoms with Crippen molar-refractivity contribution >= 4 is 34.7 Å². The van der Waals surface area contributed by atoms with Crippen LogP contribution in [0.3, 0.4) is 0 Å². The minimum atomic E-state index is 0.528. The van der Waals surface area contributed by atoms with E-state index in [1.54, 1.807) is 11.3 Å². The number of nitrogens with zero attached hydrogens (tertiary/aromatic N) is 3. The summed E-state index contributed by atoms with van der Waals surface area (Å²) in [5, 5.41) is 10.4. The Kier molecular flexibility index (Phi) is 4.28. The van der Waals surface area contributed by atoms with E-state index in [2.05, 4.69) is 15.2 Å². The Morgan fingerprint density at radius 1 is 1.24 bits per heavy atom. The van der Waals surface area contributed by atoms with Crippen molar-refractivity contribution in [2.24, 2.45) is 0 Å². The maximum Gasteiger partial charge on any atom is 0.277 e. The first-order valence-electron chi connectivity index (χ1n) is 6.27. The molecule has 0 radical (unpaired) electrons. The first-order chi connectivity index (χ1) is 10.1. The van der Waals surface area contributed by atoms with Crippen LogP contribution in [0.1, 0.15) is 16.3 Å². The first-order valence-corrected chi connectivity index (χ1v) is 8.45. The maximum atomic E-state index is 6.13. The molecule has 0 spiro atoms. The number of hydrogen-bond donors (Lipinski definition) is 0. The van der Waals surface area contributed by atoms with Crippen molar-refractivity contribution in [3.63, 3.8) is 0 Å². The fourth-order valence-corrected chi connectivity index (χ4v) is 3.73. The standard InChI is InChI=1S/C14H12ClN3OS2/c1-8-12(21-9(2)16-8)13-17-18-14(19-13)20-7-10-5-3-4-6-11(10)15/h3-6H,7H2,1-2H3. The van der Waals surface area contributed by atoms with E-state index in [0.717, 1.165) is 26.2 Å². The predicted molar refractivity (Wildman–Crippen MR) is 85.9 cm³/mol. The lowest BCUT2D eigenvalue weighted by molar-refractivity contribution is 0.466. The second kappa shape index (κ2) is 6.17. The molecule has 2 heterocycles. The molecule has 0 aliphatic carbocycles. The second-order valence-electron chi connectivity index (χ2n) is 4.40. The van der Waals surface area contributed by atoms with Gasteiger partial charge in [-0.2, -0.15) is 0 Å². The molecule has 0 N–H and O–H groups in total. The Morgan fingerprint density at radius 3 is 2.76 bits per heavy atom. The number of aryl methyl sites for hydroxylation is 2. The molecule has 7 heteroatoms. The number of thiazole rings is 1. The van der Waals surface area contributed by atoms with Gasteiger partial charge in [0.2, 0.25) is 0 Å². The number of thioether (sulfide) groups is 1. The van der Waals surface area contributed by atoms with Crippen molar-refractivity contribution in [3.05, 3.63) is 45.6 Å². The van der Waals surface area contributed by atoms with E-state index in [9.17, 15) is 0 Å². The van der Waals surface area contributed by atoms with E-state index in [-0.39, 0.29) is 0 Å². The van der Waals surface area contributed by atoms with E-state index < -0.39 is 0 Å². The number of hydrogen-bond acceptors (Lipinski definition) is 6. The van der Waals surface area contributed by atoms with Crippen molar-refractivity contribution < 1.29 is 4.42 Å². The van der Waals surface area contributed by atoms with E-state index in [0.29, 0.717) is 16.9 Å². The van der Waals surface area contributed by atoms with Gasteiger partial charge in [0, 0.05) is 10.8 Å². The zero-order valence-corrected chi connectivity index (χ0v) is 13.8. The van der Waals surface area contributed by atoms with Crippen molar-refractivity contribution in [1.29, 1.82) is 0 Å². The quantitative estimate of drug-likeness (QED) is 0.643. The van der Waals surface area contributed by atoms with E-state index >= 15 is 0 Å². The van der Waals surface area contributed by atoms with Gasteiger partial charge in [-0.3, -0.25) is 0 Å². The Morgan fingerprint density at radius 2 is 2.05 bits per heavy atom. The summed E-state index contributed by atoms with van der Waals surface area (Å²) in [6.07, 6.45) is 0. The smallest absolute Gasteiger partial charge is 0.277 e. The van der Waals surface area contributed by atoms with Gasteiger partial charge in [0.1, 0.15) is 4.88 Å². The lowest BCUT2D eigenvalue weighted by atomic mass is 10.2. The van der Waals surface area contributed by atoms with E-state index in [1.165, 1.54) is 11.8 Å². The van der Waals surface area contributed by atoms with E-state index in [1.807, 2.05) is 38.1 Å². The van der Waals surface area contributed by atoms with Crippen LogP contribution < -0.4 is 0 Å². The molecule has 108 valence electrons. The minimum absolute atomic E-state index is 0.528. The number of benzene rings is 1. The molecule has 2 aromatic heterocycles. The molecule has 0 amide bonds. The first kappa shape index (κ1) is 14.6. The third-order valence-corrected chi connectivity index (χ3v) is 5.11. The number of rotatable bonds is 4. The van der Waals surface area contributed by atoms with Gasteiger partial charge >= 0.3 is 0 Å². The highest BCUT2D eigenvalue weighted by atomic mass is 35.5. The van der Waals surface area contributed by atoms with Gasteiger partial charge in [0.05, 0.1) is 10.7 Å². The number of aromatic nitrogens is 3. The fraction of sp³-hybridized carbons (Fsp3) is 0.214. The SMILES string of the molecule is Cc1nc(C)c(-c2nnc(SCc3ccccc3Cl)o2)s1. The van der Waals surface area contributed by atoms with Gasteiger partial charge < -0.3 is 4.42 Å². The monoisotopic (exact) mass is 337 g/mol. The van der Waals surface area contributed by atoms with Gasteiger partial charge in [-0.05, 0) is 25.5 Å². The van der Waals surface area contributed by atoms with Crippen molar-refractivity contribution in [3.8, 4) is 10.8 Å². The third kappa shape index (κ3) is 3.28. The molecule has 0 saturated carbocycles. The molecule has 21 heavy (non-hydrogen) atoms. The average Bonchev–Trinajstić information content (AvgIpc) is 3.04. The Balaban J connectivity index is 1.74. The van der Waals surface area contributed by atoms with Gasteiger partial charge in [-0.15, -0.1) is 21.5 Å². The minimum Gasteiger partial charge on any atom is -0.410 e. The van der Waals surface area contributed by atoms with Crippen molar-refractivity contribution in [1.82, 2.24) is 15.2 Å². The highest BCUT2D eigenvalue weighted by Crippen LogP contribution is 2.32. The topological polar surface area (TPSA) is 51.8 Å². The second-order valence-corrected chi connectivity index (χ2v) is 6.94. The van der Waals surface area contributed by atoms with Crippen LogP contribution in [0.5, 0.6) is 0 Å². The van der Waals surface area contributed by atoms with Gasteiger partial charge in [0.25, 0.3) is 11.1 Å². The molecule has 3 aromatic rings. The van der Waals surface area contributed by atoms with Crippen LogP contribution in [-0.2, 0) is 5.75 Å². The normalized spacial score (nSPS) is 11.0. The summed E-state index contributed by atoms with van der Waals surface area (Å²) in [6.45, 7) is 3.91. The average molecular weight is 338 g/mol. The van der Waals surface area contributed by atoms with Crippen LogP contribution in [0.25, 0.3) is 10.8 Å². The molecule has 4 nitrogen and oxygen atoms in total. The maximum absolute atomic E-state index is 6.13. The molecule has 1 aromatic carbocycles. The summed E-state index contributed by atoms with van der Waals surface area (Å²) in [7, 11) is 0. The Bertz CT molecular complexity index is 769. The summed E-state index contributed by atoms with van der Waals surface area (Å²) in [6, 6.07) is 7.74. The molecular weight excluding hydrogens is 326 g/mol.